The Morgan fingerprint density at radius 1 is 1.12 bits per heavy atom. The molecule has 1 amide bonds. The van der Waals surface area contributed by atoms with Gasteiger partial charge in [0.15, 0.2) is 17.5 Å². The minimum Gasteiger partial charge on any atom is -0.619 e. The van der Waals surface area contributed by atoms with E-state index in [1.54, 1.807) is 12.1 Å². The van der Waals surface area contributed by atoms with Crippen molar-refractivity contribution in [2.24, 2.45) is 0 Å². The number of anilines is 1. The van der Waals surface area contributed by atoms with Crippen LogP contribution in [0, 0.1) is 5.21 Å². The van der Waals surface area contributed by atoms with Crippen LogP contribution in [0.4, 0.5) is 18.3 Å². The summed E-state index contributed by atoms with van der Waals surface area (Å²) in [7, 11) is 0. The van der Waals surface area contributed by atoms with Gasteiger partial charge in [-0.2, -0.15) is 17.9 Å². The van der Waals surface area contributed by atoms with E-state index in [4.69, 9.17) is 0 Å². The molecule has 3 aromatic rings. The molecule has 3 rings (SSSR count). The number of rotatable bonds is 3. The van der Waals surface area contributed by atoms with E-state index < -0.39 is 11.7 Å². The summed E-state index contributed by atoms with van der Waals surface area (Å²) in [6.07, 6.45) is -1.81. The van der Waals surface area contributed by atoms with Crippen molar-refractivity contribution >= 4 is 22.4 Å². The molecule has 0 radical (unpaired) electrons. The van der Waals surface area contributed by atoms with Gasteiger partial charge < -0.3 is 10.5 Å². The topological polar surface area (TPSA) is 68.9 Å². The Morgan fingerprint density at radius 2 is 1.73 bits per heavy atom. The highest BCUT2D eigenvalue weighted by Crippen LogP contribution is 2.39. The molecule has 0 saturated heterocycles. The highest BCUT2D eigenvalue weighted by atomic mass is 32.1. The van der Waals surface area contributed by atoms with Crippen molar-refractivity contribution in [2.75, 3.05) is 5.32 Å². The van der Waals surface area contributed by atoms with Crippen molar-refractivity contribution in [3.8, 4) is 21.7 Å². The average Bonchev–Trinajstić information content (AvgIpc) is 2.98. The predicted octanol–water partition coefficient (Wildman–Crippen LogP) is 4.09. The number of benzene rings is 1. The van der Waals surface area contributed by atoms with Crippen LogP contribution in [0.25, 0.3) is 21.7 Å². The summed E-state index contributed by atoms with van der Waals surface area (Å²) >= 11 is 1.17. The van der Waals surface area contributed by atoms with E-state index in [2.05, 4.69) is 10.3 Å². The molecule has 0 aliphatic heterocycles. The Kier molecular flexibility index (Phi) is 4.64. The van der Waals surface area contributed by atoms with E-state index >= 15 is 0 Å². The number of alkyl halides is 3. The molecule has 26 heavy (non-hydrogen) atoms. The molecule has 0 unspecified atom stereocenters. The van der Waals surface area contributed by atoms with E-state index in [-0.39, 0.29) is 5.91 Å². The van der Waals surface area contributed by atoms with Gasteiger partial charge >= 0.3 is 6.18 Å². The van der Waals surface area contributed by atoms with Crippen LogP contribution in [-0.4, -0.2) is 10.9 Å². The van der Waals surface area contributed by atoms with Gasteiger partial charge in [-0.15, -0.1) is 0 Å². The molecule has 9 heteroatoms. The molecular formula is C17H12F3N3O2S. The summed E-state index contributed by atoms with van der Waals surface area (Å²) in [6, 6.07) is 7.77. The van der Waals surface area contributed by atoms with Crippen molar-refractivity contribution < 1.29 is 22.7 Å². The largest absolute Gasteiger partial charge is 0.619 e. The highest BCUT2D eigenvalue weighted by Gasteiger charge is 2.30. The van der Waals surface area contributed by atoms with Crippen LogP contribution < -0.4 is 10.0 Å². The van der Waals surface area contributed by atoms with Gasteiger partial charge in [0.05, 0.1) is 16.1 Å². The summed E-state index contributed by atoms with van der Waals surface area (Å²) in [6.45, 7) is 1.34. The van der Waals surface area contributed by atoms with E-state index in [1.165, 1.54) is 42.8 Å². The molecule has 0 spiro atoms. The van der Waals surface area contributed by atoms with E-state index in [1.807, 2.05) is 0 Å². The Balaban J connectivity index is 2.08. The first-order chi connectivity index (χ1) is 12.2. The lowest BCUT2D eigenvalue weighted by Gasteiger charge is -2.07. The summed E-state index contributed by atoms with van der Waals surface area (Å²) in [5.41, 5.74) is 0.809. The lowest BCUT2D eigenvalue weighted by atomic mass is 10.1. The SMILES string of the molecule is CC(=O)Nc1nc(-c2ccc(C(F)(F)F)cc2)c(-c2cc[n+]([O-])cc2)s1. The third-order valence-electron chi connectivity index (χ3n) is 3.46. The van der Waals surface area contributed by atoms with Gasteiger partial charge in [0.25, 0.3) is 0 Å². The normalized spacial score (nSPS) is 11.4. The molecule has 5 nitrogen and oxygen atoms in total. The van der Waals surface area contributed by atoms with Crippen LogP contribution in [-0.2, 0) is 11.0 Å². The highest BCUT2D eigenvalue weighted by molar-refractivity contribution is 7.19. The quantitative estimate of drug-likeness (QED) is 0.551. The second kappa shape index (κ2) is 6.75. The third-order valence-corrected chi connectivity index (χ3v) is 4.48. The fourth-order valence-electron chi connectivity index (χ4n) is 2.30. The zero-order valence-electron chi connectivity index (χ0n) is 13.4. The van der Waals surface area contributed by atoms with E-state index in [0.29, 0.717) is 31.6 Å². The Hall–Kier alpha value is -2.94. The minimum atomic E-state index is -4.42. The van der Waals surface area contributed by atoms with Crippen LogP contribution >= 0.6 is 11.3 Å². The number of hydrogen-bond donors (Lipinski definition) is 1. The Labute approximate surface area is 150 Å². The average molecular weight is 379 g/mol. The third kappa shape index (κ3) is 3.83. The van der Waals surface area contributed by atoms with Crippen LogP contribution in [0.2, 0.25) is 0 Å². The number of hydrogen-bond acceptors (Lipinski definition) is 4. The van der Waals surface area contributed by atoms with Crippen LogP contribution in [0.1, 0.15) is 12.5 Å². The minimum absolute atomic E-state index is 0.310. The van der Waals surface area contributed by atoms with E-state index in [9.17, 15) is 23.2 Å². The number of nitrogens with one attached hydrogen (secondary N) is 1. The second-order valence-electron chi connectivity index (χ2n) is 5.40. The Bertz CT molecular complexity index is 935. The standard InChI is InChI=1S/C17H12F3N3O2S/c1-10(24)21-16-22-14(11-2-4-13(5-3-11)17(18,19)20)15(26-16)12-6-8-23(25)9-7-12/h2-9H,1H3,(H,21,22,24). The number of halogens is 3. The number of amides is 1. The molecule has 0 atom stereocenters. The monoisotopic (exact) mass is 379 g/mol. The maximum Gasteiger partial charge on any atom is 0.416 e. The molecular weight excluding hydrogens is 367 g/mol. The molecule has 0 saturated carbocycles. The molecule has 1 aromatic carbocycles. The smallest absolute Gasteiger partial charge is 0.416 e. The maximum atomic E-state index is 12.8. The van der Waals surface area contributed by atoms with Gasteiger partial charge in [-0.25, -0.2) is 4.98 Å². The molecule has 0 bridgehead atoms. The van der Waals surface area contributed by atoms with Crippen LogP contribution in [0.3, 0.4) is 0 Å². The first-order valence-corrected chi connectivity index (χ1v) is 8.21. The number of carbonyl (C=O) groups is 1. The van der Waals surface area contributed by atoms with Crippen molar-refractivity contribution in [3.05, 3.63) is 59.6 Å². The zero-order valence-corrected chi connectivity index (χ0v) is 14.2. The van der Waals surface area contributed by atoms with Gasteiger partial charge in [-0.05, 0) is 12.1 Å². The first kappa shape index (κ1) is 17.9. The zero-order chi connectivity index (χ0) is 18.9. The van der Waals surface area contributed by atoms with Crippen molar-refractivity contribution in [1.82, 2.24) is 4.98 Å². The van der Waals surface area contributed by atoms with Crippen molar-refractivity contribution in [1.29, 1.82) is 0 Å². The predicted molar refractivity (Wildman–Crippen MR) is 91.3 cm³/mol. The summed E-state index contributed by atoms with van der Waals surface area (Å²) in [4.78, 5) is 16.3. The molecule has 0 aliphatic rings. The molecule has 1 N–H and O–H groups in total. The van der Waals surface area contributed by atoms with Gasteiger partial charge in [0.1, 0.15) is 0 Å². The second-order valence-corrected chi connectivity index (χ2v) is 6.40. The van der Waals surface area contributed by atoms with Crippen LogP contribution in [0.15, 0.2) is 48.8 Å². The lowest BCUT2D eigenvalue weighted by molar-refractivity contribution is -0.605. The van der Waals surface area contributed by atoms with Gasteiger partial charge in [0, 0.05) is 30.2 Å². The van der Waals surface area contributed by atoms with E-state index in [0.717, 1.165) is 12.1 Å². The fraction of sp³-hybridized carbons (Fsp3) is 0.118. The summed E-state index contributed by atoms with van der Waals surface area (Å²) in [5.74, 6) is -0.310. The molecule has 2 heterocycles. The van der Waals surface area contributed by atoms with Gasteiger partial charge in [-0.3, -0.25) is 4.79 Å². The number of nitrogens with zero attached hydrogens (tertiary/aromatic N) is 2. The number of carbonyl (C=O) groups excluding carboxylic acids is 1. The van der Waals surface area contributed by atoms with Crippen LogP contribution in [0.5, 0.6) is 0 Å². The summed E-state index contributed by atoms with van der Waals surface area (Å²) in [5, 5.41) is 14.1. The van der Waals surface area contributed by atoms with Crippen molar-refractivity contribution in [2.45, 2.75) is 13.1 Å². The first-order valence-electron chi connectivity index (χ1n) is 7.39. The van der Waals surface area contributed by atoms with Gasteiger partial charge in [0.2, 0.25) is 5.91 Å². The number of pyridine rings is 1. The summed E-state index contributed by atoms with van der Waals surface area (Å²) < 4.78 is 38.9. The van der Waals surface area contributed by atoms with Gasteiger partial charge in [-0.1, -0.05) is 23.5 Å². The number of aromatic nitrogens is 2. The molecule has 134 valence electrons. The lowest BCUT2D eigenvalue weighted by Crippen LogP contribution is -2.23. The Morgan fingerprint density at radius 3 is 2.27 bits per heavy atom. The fourth-order valence-corrected chi connectivity index (χ4v) is 3.34. The molecule has 0 fully saturated rings. The van der Waals surface area contributed by atoms with Crippen molar-refractivity contribution in [3.63, 3.8) is 0 Å². The maximum absolute atomic E-state index is 12.8. The molecule has 0 aliphatic carbocycles. The molecule has 2 aromatic heterocycles. The number of thiazole rings is 1.